The van der Waals surface area contributed by atoms with Crippen LogP contribution in [0.5, 0.6) is 0 Å². The van der Waals surface area contributed by atoms with Crippen LogP contribution in [0.25, 0.3) is 0 Å². The van der Waals surface area contributed by atoms with Gasteiger partial charge in [-0.3, -0.25) is 4.90 Å². The van der Waals surface area contributed by atoms with Crippen LogP contribution in [-0.2, 0) is 17.8 Å². The topological polar surface area (TPSA) is 15.7 Å². The van der Waals surface area contributed by atoms with Gasteiger partial charge in [0.05, 0.1) is 6.10 Å². The van der Waals surface area contributed by atoms with Crippen molar-refractivity contribution in [3.05, 3.63) is 21.9 Å². The third kappa shape index (κ3) is 5.86. The summed E-state index contributed by atoms with van der Waals surface area (Å²) in [4.78, 5) is 8.13. The Hall–Kier alpha value is -0.420. The summed E-state index contributed by atoms with van der Waals surface area (Å²) in [5.74, 6) is 0. The average Bonchev–Trinajstić information content (AvgIpc) is 3.21. The van der Waals surface area contributed by atoms with Crippen molar-refractivity contribution in [2.24, 2.45) is 0 Å². The van der Waals surface area contributed by atoms with Crippen molar-refractivity contribution in [3.8, 4) is 0 Å². The van der Waals surface area contributed by atoms with Crippen molar-refractivity contribution in [2.45, 2.75) is 64.1 Å². The monoisotopic (exact) mass is 336 g/mol. The van der Waals surface area contributed by atoms with E-state index in [0.717, 1.165) is 19.7 Å². The number of hydrogen-bond donors (Lipinski definition) is 0. The molecule has 2 fully saturated rings. The second-order valence-corrected chi connectivity index (χ2v) is 8.47. The number of thiophene rings is 1. The highest BCUT2D eigenvalue weighted by atomic mass is 32.1. The molecule has 1 aromatic rings. The minimum atomic E-state index is 0.543. The molecule has 0 aliphatic carbocycles. The number of hydrogen-bond acceptors (Lipinski definition) is 4. The molecule has 3 rings (SSSR count). The molecule has 0 amide bonds. The van der Waals surface area contributed by atoms with Gasteiger partial charge in [-0.25, -0.2) is 0 Å². The quantitative estimate of drug-likeness (QED) is 0.710. The molecule has 0 saturated carbocycles. The predicted molar refractivity (Wildman–Crippen MR) is 98.0 cm³/mol. The Morgan fingerprint density at radius 3 is 2.78 bits per heavy atom. The number of piperidine rings is 1. The van der Waals surface area contributed by atoms with Gasteiger partial charge in [-0.1, -0.05) is 6.42 Å². The minimum Gasteiger partial charge on any atom is -0.378 e. The van der Waals surface area contributed by atoms with Crippen molar-refractivity contribution in [1.29, 1.82) is 0 Å². The molecule has 2 aliphatic rings. The Bertz CT molecular complexity index is 450. The summed E-state index contributed by atoms with van der Waals surface area (Å²) in [6.45, 7) is 6.99. The Balaban J connectivity index is 1.35. The van der Waals surface area contributed by atoms with Gasteiger partial charge in [-0.15, -0.1) is 11.3 Å². The highest BCUT2D eigenvalue weighted by molar-refractivity contribution is 7.11. The van der Waals surface area contributed by atoms with E-state index in [2.05, 4.69) is 29.0 Å². The number of likely N-dealkylation sites (tertiary alicyclic amines) is 1. The smallest absolute Gasteiger partial charge is 0.0576 e. The lowest BCUT2D eigenvalue weighted by atomic mass is 10.1. The molecule has 0 spiro atoms. The predicted octanol–water partition coefficient (Wildman–Crippen LogP) is 4.13. The summed E-state index contributed by atoms with van der Waals surface area (Å²) < 4.78 is 5.71. The Labute approximate surface area is 145 Å². The zero-order chi connectivity index (χ0) is 15.9. The van der Waals surface area contributed by atoms with Crippen LogP contribution in [-0.4, -0.2) is 49.2 Å². The maximum absolute atomic E-state index is 5.71. The number of ether oxygens (including phenoxy) is 1. The zero-order valence-electron chi connectivity index (χ0n) is 14.6. The summed E-state index contributed by atoms with van der Waals surface area (Å²) in [5.41, 5.74) is 0. The lowest BCUT2D eigenvalue weighted by molar-refractivity contribution is 0.0995. The first-order valence-electron chi connectivity index (χ1n) is 9.40. The molecular formula is C19H32N2OS. The molecule has 0 N–H and O–H groups in total. The summed E-state index contributed by atoms with van der Waals surface area (Å²) in [7, 11) is 2.25. The van der Waals surface area contributed by atoms with Gasteiger partial charge in [0.2, 0.25) is 0 Å². The van der Waals surface area contributed by atoms with Crippen molar-refractivity contribution in [3.63, 3.8) is 0 Å². The van der Waals surface area contributed by atoms with E-state index in [9.17, 15) is 0 Å². The molecule has 3 heterocycles. The summed E-state index contributed by atoms with van der Waals surface area (Å²) in [6, 6.07) is 4.68. The average molecular weight is 337 g/mol. The molecule has 1 aromatic heterocycles. The van der Waals surface area contributed by atoms with Crippen molar-refractivity contribution in [2.75, 3.05) is 33.3 Å². The Kier molecular flexibility index (Phi) is 6.94. The van der Waals surface area contributed by atoms with E-state index in [0.29, 0.717) is 6.10 Å². The van der Waals surface area contributed by atoms with E-state index in [1.807, 2.05) is 11.3 Å². The van der Waals surface area contributed by atoms with Gasteiger partial charge in [0.15, 0.2) is 0 Å². The molecule has 0 bridgehead atoms. The van der Waals surface area contributed by atoms with Crippen molar-refractivity contribution in [1.82, 2.24) is 9.80 Å². The van der Waals surface area contributed by atoms with Crippen LogP contribution in [0.4, 0.5) is 0 Å². The standard InChI is InChI=1S/C19H32N2OS/c1-20(11-5-7-17-8-6-14-22-17)15-18-9-10-19(23-18)16-21-12-3-2-4-13-21/h9-10,17H,2-8,11-16H2,1H3/t17-/m0/s1. The van der Waals surface area contributed by atoms with Gasteiger partial charge in [-0.2, -0.15) is 0 Å². The fourth-order valence-electron chi connectivity index (χ4n) is 3.74. The summed E-state index contributed by atoms with van der Waals surface area (Å²) in [5, 5.41) is 0. The molecule has 0 radical (unpaired) electrons. The van der Waals surface area contributed by atoms with Gasteiger partial charge in [-0.05, 0) is 77.3 Å². The van der Waals surface area contributed by atoms with Crippen LogP contribution in [0.1, 0.15) is 54.7 Å². The fourth-order valence-corrected chi connectivity index (χ4v) is 4.88. The minimum absolute atomic E-state index is 0.543. The highest BCUT2D eigenvalue weighted by Crippen LogP contribution is 2.22. The molecule has 2 aliphatic heterocycles. The summed E-state index contributed by atoms with van der Waals surface area (Å²) in [6.07, 6.45) is 9.74. The number of rotatable bonds is 8. The molecular weight excluding hydrogens is 304 g/mol. The molecule has 2 saturated heterocycles. The van der Waals surface area contributed by atoms with Crippen LogP contribution in [0.3, 0.4) is 0 Å². The molecule has 0 aromatic carbocycles. The summed E-state index contributed by atoms with van der Waals surface area (Å²) >= 11 is 2.01. The normalized spacial score (nSPS) is 23.0. The first-order chi connectivity index (χ1) is 11.3. The first kappa shape index (κ1) is 17.4. The van der Waals surface area contributed by atoms with Crippen molar-refractivity contribution < 1.29 is 4.74 Å². The molecule has 3 nitrogen and oxygen atoms in total. The van der Waals surface area contributed by atoms with E-state index in [-0.39, 0.29) is 0 Å². The molecule has 0 unspecified atom stereocenters. The molecule has 130 valence electrons. The third-order valence-corrected chi connectivity index (χ3v) is 6.12. The maximum atomic E-state index is 5.71. The van der Waals surface area contributed by atoms with Crippen molar-refractivity contribution >= 4 is 11.3 Å². The Morgan fingerprint density at radius 2 is 2.00 bits per heavy atom. The highest BCUT2D eigenvalue weighted by Gasteiger charge is 2.15. The van der Waals surface area contributed by atoms with Gasteiger partial charge in [0.1, 0.15) is 0 Å². The first-order valence-corrected chi connectivity index (χ1v) is 10.2. The van der Waals surface area contributed by atoms with E-state index in [1.165, 1.54) is 74.3 Å². The molecule has 23 heavy (non-hydrogen) atoms. The van der Waals surface area contributed by atoms with Crippen LogP contribution in [0, 0.1) is 0 Å². The number of nitrogens with zero attached hydrogens (tertiary/aromatic N) is 2. The lowest BCUT2D eigenvalue weighted by Crippen LogP contribution is -2.28. The van der Waals surface area contributed by atoms with Gasteiger partial charge < -0.3 is 9.64 Å². The third-order valence-electron chi connectivity index (χ3n) is 5.06. The maximum Gasteiger partial charge on any atom is 0.0576 e. The van der Waals surface area contributed by atoms with Crippen LogP contribution in [0.15, 0.2) is 12.1 Å². The van der Waals surface area contributed by atoms with E-state index in [1.54, 1.807) is 0 Å². The SMILES string of the molecule is CN(CCC[C@H]1CCCO1)Cc1ccc(CN2CCCCC2)s1. The fraction of sp³-hybridized carbons (Fsp3) is 0.789. The van der Waals surface area contributed by atoms with Crippen LogP contribution >= 0.6 is 11.3 Å². The van der Waals surface area contributed by atoms with E-state index in [4.69, 9.17) is 4.74 Å². The second kappa shape index (κ2) is 9.16. The van der Waals surface area contributed by atoms with Crippen LogP contribution in [0.2, 0.25) is 0 Å². The largest absolute Gasteiger partial charge is 0.378 e. The molecule has 4 heteroatoms. The van der Waals surface area contributed by atoms with Crippen LogP contribution < -0.4 is 0 Å². The second-order valence-electron chi connectivity index (χ2n) is 7.22. The molecule has 1 atom stereocenters. The van der Waals surface area contributed by atoms with E-state index >= 15 is 0 Å². The lowest BCUT2D eigenvalue weighted by Gasteiger charge is -2.25. The Morgan fingerprint density at radius 1 is 1.17 bits per heavy atom. The van der Waals surface area contributed by atoms with E-state index < -0.39 is 0 Å². The zero-order valence-corrected chi connectivity index (χ0v) is 15.5. The van der Waals surface area contributed by atoms with Gasteiger partial charge >= 0.3 is 0 Å². The van der Waals surface area contributed by atoms with Gasteiger partial charge in [0, 0.05) is 29.5 Å². The van der Waals surface area contributed by atoms with Gasteiger partial charge in [0.25, 0.3) is 0 Å².